The third kappa shape index (κ3) is 52.1. The van der Waals surface area contributed by atoms with Crippen molar-refractivity contribution in [2.45, 2.75) is 96.8 Å². The Morgan fingerprint density at radius 3 is 1.52 bits per heavy atom. The van der Waals surface area contributed by atoms with Crippen LogP contribution in [0.25, 0.3) is 0 Å². The van der Waals surface area contributed by atoms with Crippen LogP contribution in [0.4, 0.5) is 0 Å². The summed E-state index contributed by atoms with van der Waals surface area (Å²) in [7, 11) is -4.92. The molecule has 9 heteroatoms. The van der Waals surface area contributed by atoms with Crippen molar-refractivity contribution in [1.82, 2.24) is 0 Å². The predicted octanol–water partition coefficient (Wildman–Crippen LogP) is -2.21. The van der Waals surface area contributed by atoms with E-state index in [0.717, 1.165) is 19.3 Å². The largest absolute Gasteiger partial charge is 1.00 e. The zero-order chi connectivity index (χ0) is 19.4. The molecule has 0 saturated heterocycles. The molecule has 0 aliphatic rings. The van der Waals surface area contributed by atoms with E-state index in [1.54, 1.807) is 0 Å². The van der Waals surface area contributed by atoms with Gasteiger partial charge in [-0.05, 0) is 38.5 Å². The quantitative estimate of drug-likeness (QED) is 0.105. The smallest absolute Gasteiger partial charge is 0.726 e. The van der Waals surface area contributed by atoms with Crippen molar-refractivity contribution in [3.8, 4) is 0 Å². The molecule has 1 N–H and O–H groups in total. The fraction of sp³-hybridized carbons (Fsp3) is 0.833. The van der Waals surface area contributed by atoms with Crippen molar-refractivity contribution in [2.75, 3.05) is 0 Å². The Morgan fingerprint density at radius 1 is 0.815 bits per heavy atom. The van der Waals surface area contributed by atoms with E-state index >= 15 is 0 Å². The summed E-state index contributed by atoms with van der Waals surface area (Å²) >= 11 is 0. The van der Waals surface area contributed by atoms with E-state index in [1.165, 1.54) is 64.2 Å². The molecule has 0 atom stereocenters. The van der Waals surface area contributed by atoms with Gasteiger partial charge in [0.2, 0.25) is 10.4 Å². The Bertz CT molecular complexity index is 420. The molecule has 0 saturated carbocycles. The first-order chi connectivity index (χ1) is 11.8. The van der Waals surface area contributed by atoms with Gasteiger partial charge in [-0.3, -0.25) is 4.55 Å². The first-order valence-corrected chi connectivity index (χ1v) is 10.7. The number of rotatable bonds is 15. The molecule has 0 bridgehead atoms. The molecule has 6 nitrogen and oxygen atoms in total. The molecule has 0 aliphatic carbocycles. The predicted molar refractivity (Wildman–Crippen MR) is 96.8 cm³/mol. The molecule has 0 unspecified atom stereocenters. The second kappa shape index (κ2) is 27.1. The van der Waals surface area contributed by atoms with E-state index < -0.39 is 16.4 Å². The van der Waals surface area contributed by atoms with Crippen LogP contribution in [-0.2, 0) is 15.2 Å². The van der Waals surface area contributed by atoms with Crippen LogP contribution in [0.2, 0.25) is 0 Å². The zero-order valence-electron chi connectivity index (χ0n) is 17.5. The summed E-state index contributed by atoms with van der Waals surface area (Å²) in [6.45, 7) is 2.26. The van der Waals surface area contributed by atoms with Gasteiger partial charge in [0.1, 0.15) is 0 Å². The van der Waals surface area contributed by atoms with Gasteiger partial charge in [0.25, 0.3) is 0 Å². The number of allylic oxidation sites excluding steroid dienone is 2. The minimum atomic E-state index is -4.92. The summed E-state index contributed by atoms with van der Waals surface area (Å²) in [5, 5.41) is 10.2. The fourth-order valence-corrected chi connectivity index (χ4v) is 2.34. The van der Waals surface area contributed by atoms with Gasteiger partial charge in [-0.25, -0.2) is 8.42 Å². The van der Waals surface area contributed by atoms with E-state index in [2.05, 4.69) is 19.1 Å². The van der Waals surface area contributed by atoms with Gasteiger partial charge in [-0.1, -0.05) is 70.4 Å². The van der Waals surface area contributed by atoms with Gasteiger partial charge < -0.3 is 14.5 Å². The number of aliphatic carboxylic acids is 1. The summed E-state index contributed by atoms with van der Waals surface area (Å²) in [4.78, 5) is 10.2. The van der Waals surface area contributed by atoms with Gasteiger partial charge in [0.05, 0.1) is 0 Å². The van der Waals surface area contributed by atoms with E-state index in [-0.39, 0.29) is 65.5 Å². The average molecular weight is 425 g/mol. The van der Waals surface area contributed by atoms with Gasteiger partial charge in [-0.2, -0.15) is 0 Å². The molecule has 0 radical (unpaired) electrons. The Balaban J connectivity index is -0.000000333. The van der Waals surface area contributed by atoms with Crippen molar-refractivity contribution in [1.29, 1.82) is 0 Å². The van der Waals surface area contributed by atoms with Crippen LogP contribution < -0.4 is 64.2 Å². The van der Waals surface area contributed by atoms with Crippen LogP contribution in [0.3, 0.4) is 0 Å². The number of carboxylic acid groups (broad SMARTS) is 1. The molecule has 0 aromatic heterocycles. The summed E-state index contributed by atoms with van der Waals surface area (Å²) in [6, 6.07) is 0. The first kappa shape index (κ1) is 35.5. The van der Waals surface area contributed by atoms with Crippen molar-refractivity contribution in [3.63, 3.8) is 0 Å². The molecule has 0 spiro atoms. The van der Waals surface area contributed by atoms with Gasteiger partial charge in [-0.15, -0.1) is 0 Å². The molecule has 27 heavy (non-hydrogen) atoms. The summed E-state index contributed by atoms with van der Waals surface area (Å²) in [5.74, 6) is -0.914. The number of hydrogen-bond acceptors (Lipinski definition) is 5. The maximum absolute atomic E-state index is 10.2. The van der Waals surface area contributed by atoms with E-state index in [1.807, 2.05) is 0 Å². The Morgan fingerprint density at radius 2 is 1.15 bits per heavy atom. The standard InChI is InChI=1S/C18H34O2.2Na.H2O4S/c1-2-3-4-5-6-7-8-9-10-11-12-13-14-15-16-17-18(19)20;;;1-5(2,3)4/h9-10H,2-8,11-17H2,1H3,(H,19,20);;;(H2,1,2,3,4)/q;2*+1;/p-2/b10-9-;;;. The number of carbonyl (C=O) groups excluding carboxylic acids is 1. The molecule has 0 fully saturated rings. The molecule has 0 aliphatic heterocycles. The van der Waals surface area contributed by atoms with Gasteiger partial charge in [0, 0.05) is 5.97 Å². The van der Waals surface area contributed by atoms with Gasteiger partial charge in [0.15, 0.2) is 0 Å². The van der Waals surface area contributed by atoms with Crippen molar-refractivity contribution in [2.24, 2.45) is 0 Å². The van der Waals surface area contributed by atoms with E-state index in [4.69, 9.17) is 17.5 Å². The maximum atomic E-state index is 10.2. The second-order valence-corrected chi connectivity index (χ2v) is 6.99. The first-order valence-electron chi connectivity index (χ1n) is 9.30. The van der Waals surface area contributed by atoms with Crippen LogP contribution in [0.15, 0.2) is 12.2 Å². The fourth-order valence-electron chi connectivity index (χ4n) is 2.34. The van der Waals surface area contributed by atoms with Crippen molar-refractivity contribution < 1.29 is 86.5 Å². The number of hydrogen-bond donors (Lipinski definition) is 1. The molecule has 0 aromatic carbocycles. The third-order valence-electron chi connectivity index (χ3n) is 3.64. The third-order valence-corrected chi connectivity index (χ3v) is 3.64. The van der Waals surface area contributed by atoms with Crippen LogP contribution in [0, 0.1) is 0 Å². The van der Waals surface area contributed by atoms with Crippen molar-refractivity contribution in [3.05, 3.63) is 12.2 Å². The monoisotopic (exact) mass is 424 g/mol. The summed E-state index contributed by atoms with van der Waals surface area (Å²) in [5.41, 5.74) is 0. The maximum Gasteiger partial charge on any atom is 1.00 e. The minimum absolute atomic E-state index is 0. The average Bonchev–Trinajstić information content (AvgIpc) is 2.49. The van der Waals surface area contributed by atoms with Crippen LogP contribution in [-0.4, -0.2) is 23.5 Å². The number of unbranched alkanes of at least 4 members (excludes halogenated alkanes) is 11. The normalized spacial score (nSPS) is 10.5. The molecule has 0 aromatic rings. The Kier molecular flexibility index (Phi) is 35.6. The molecule has 150 valence electrons. The topological polar surface area (TPSA) is 118 Å². The summed E-state index contributed by atoms with van der Waals surface area (Å²) in [6.07, 6.45) is 20.9. The van der Waals surface area contributed by atoms with E-state index in [9.17, 15) is 9.90 Å². The molecule has 0 amide bonds. The molecule has 0 rings (SSSR count). The van der Waals surface area contributed by atoms with Gasteiger partial charge >= 0.3 is 59.1 Å². The Labute approximate surface area is 210 Å². The second-order valence-electron chi connectivity index (χ2n) is 6.13. The van der Waals surface area contributed by atoms with Crippen LogP contribution in [0.1, 0.15) is 96.8 Å². The molecular weight excluding hydrogens is 390 g/mol. The summed E-state index contributed by atoms with van der Waals surface area (Å²) < 4.78 is 32.8. The van der Waals surface area contributed by atoms with Crippen LogP contribution >= 0.6 is 0 Å². The number of carboxylic acids is 1. The van der Waals surface area contributed by atoms with Crippen molar-refractivity contribution >= 4 is 16.4 Å². The Hall–Kier alpha value is 1.08. The zero-order valence-corrected chi connectivity index (χ0v) is 22.3. The number of carbonyl (C=O) groups is 1. The van der Waals surface area contributed by atoms with E-state index in [0.29, 0.717) is 0 Å². The minimum Gasteiger partial charge on any atom is -0.726 e. The van der Waals surface area contributed by atoms with Crippen LogP contribution in [0.5, 0.6) is 0 Å². The SMILES string of the molecule is CCCCCCCC/C=C\CCCCCCCC(=O)[O-].O=S(=O)([O-])O.[Na+].[Na+]. The molecular formula is C18H34Na2O6S. The molecule has 0 heterocycles.